The normalized spacial score (nSPS) is 15.4. The minimum absolute atomic E-state index is 0.0297. The first-order valence-electron chi connectivity index (χ1n) is 8.10. The lowest BCUT2D eigenvalue weighted by Crippen LogP contribution is -2.33. The van der Waals surface area contributed by atoms with Crippen molar-refractivity contribution in [3.8, 4) is 0 Å². The van der Waals surface area contributed by atoms with Crippen LogP contribution in [0.15, 0.2) is 23.3 Å². The van der Waals surface area contributed by atoms with Crippen molar-refractivity contribution in [1.82, 2.24) is 10.3 Å². The zero-order chi connectivity index (χ0) is 17.4. The third kappa shape index (κ3) is 5.31. The molecule has 130 valence electrons. The van der Waals surface area contributed by atoms with Crippen LogP contribution in [0.5, 0.6) is 0 Å². The molecule has 0 unspecified atom stereocenters. The van der Waals surface area contributed by atoms with E-state index < -0.39 is 4.92 Å². The number of anilines is 1. The van der Waals surface area contributed by atoms with Crippen molar-refractivity contribution >= 4 is 23.5 Å². The summed E-state index contributed by atoms with van der Waals surface area (Å²) in [4.78, 5) is 24.6. The molecule has 1 aromatic carbocycles. The Morgan fingerprint density at radius 2 is 2.12 bits per heavy atom. The van der Waals surface area contributed by atoms with E-state index in [1.165, 1.54) is 31.5 Å². The average Bonchev–Trinajstić information content (AvgIpc) is 2.60. The SMILES string of the molecule is CNc1ccc(/C=N/NC(=O)CCN2CCCCC2)cc1[N+](=O)[O-]. The van der Waals surface area contributed by atoms with Crippen LogP contribution in [0.2, 0.25) is 0 Å². The molecule has 1 fully saturated rings. The van der Waals surface area contributed by atoms with Gasteiger partial charge in [0.1, 0.15) is 5.69 Å². The lowest BCUT2D eigenvalue weighted by Gasteiger charge is -2.25. The highest BCUT2D eigenvalue weighted by atomic mass is 16.6. The predicted molar refractivity (Wildman–Crippen MR) is 93.3 cm³/mol. The molecule has 0 saturated carbocycles. The molecule has 1 amide bonds. The van der Waals surface area contributed by atoms with Crippen molar-refractivity contribution in [3.63, 3.8) is 0 Å². The van der Waals surface area contributed by atoms with Gasteiger partial charge in [0.2, 0.25) is 5.91 Å². The van der Waals surface area contributed by atoms with Crippen LogP contribution in [-0.4, -0.2) is 48.6 Å². The van der Waals surface area contributed by atoms with Gasteiger partial charge >= 0.3 is 0 Å². The molecule has 0 aliphatic carbocycles. The number of rotatable bonds is 7. The summed E-state index contributed by atoms with van der Waals surface area (Å²) in [6.07, 6.45) is 5.47. The Morgan fingerprint density at radius 3 is 2.79 bits per heavy atom. The number of likely N-dealkylation sites (tertiary alicyclic amines) is 1. The van der Waals surface area contributed by atoms with Gasteiger partial charge in [-0.05, 0) is 32.0 Å². The number of hydrogen-bond acceptors (Lipinski definition) is 6. The summed E-state index contributed by atoms with van der Waals surface area (Å²) in [5.74, 6) is -0.154. The zero-order valence-corrected chi connectivity index (χ0v) is 13.8. The molecule has 24 heavy (non-hydrogen) atoms. The number of piperidine rings is 1. The first kappa shape index (κ1) is 17.9. The van der Waals surface area contributed by atoms with Crippen molar-refractivity contribution in [3.05, 3.63) is 33.9 Å². The molecule has 2 rings (SSSR count). The standard InChI is InChI=1S/C16H23N5O3/c1-17-14-6-5-13(11-15(14)21(23)24)12-18-19-16(22)7-10-20-8-3-2-4-9-20/h5-6,11-12,17H,2-4,7-10H2,1H3,(H,19,22)/b18-12+. The van der Waals surface area contributed by atoms with Crippen LogP contribution in [0.3, 0.4) is 0 Å². The molecular formula is C16H23N5O3. The van der Waals surface area contributed by atoms with Gasteiger partial charge in [-0.2, -0.15) is 5.10 Å². The summed E-state index contributed by atoms with van der Waals surface area (Å²) in [5, 5.41) is 17.6. The fourth-order valence-corrected chi connectivity index (χ4v) is 2.67. The number of carbonyl (C=O) groups excluding carboxylic acids is 1. The topological polar surface area (TPSA) is 99.9 Å². The Hall–Kier alpha value is -2.48. The summed E-state index contributed by atoms with van der Waals surface area (Å²) < 4.78 is 0. The third-order valence-corrected chi connectivity index (χ3v) is 3.99. The van der Waals surface area contributed by atoms with E-state index in [1.54, 1.807) is 19.2 Å². The number of hydrogen-bond donors (Lipinski definition) is 2. The summed E-state index contributed by atoms with van der Waals surface area (Å²) >= 11 is 0. The van der Waals surface area contributed by atoms with E-state index >= 15 is 0 Å². The van der Waals surface area contributed by atoms with Crippen LogP contribution < -0.4 is 10.7 Å². The van der Waals surface area contributed by atoms with Gasteiger partial charge in [0, 0.05) is 31.6 Å². The molecule has 1 aliphatic rings. The molecule has 0 bridgehead atoms. The number of nitro groups is 1. The van der Waals surface area contributed by atoms with Gasteiger partial charge < -0.3 is 10.2 Å². The van der Waals surface area contributed by atoms with Crippen molar-refractivity contribution in [1.29, 1.82) is 0 Å². The molecule has 1 aromatic rings. The monoisotopic (exact) mass is 333 g/mol. The number of nitro benzene ring substituents is 1. The van der Waals surface area contributed by atoms with Gasteiger partial charge in [0.25, 0.3) is 5.69 Å². The zero-order valence-electron chi connectivity index (χ0n) is 13.8. The minimum Gasteiger partial charge on any atom is -0.383 e. The maximum absolute atomic E-state index is 11.8. The number of benzene rings is 1. The smallest absolute Gasteiger partial charge is 0.292 e. The Morgan fingerprint density at radius 1 is 1.38 bits per heavy atom. The summed E-state index contributed by atoms with van der Waals surface area (Å²) in [7, 11) is 1.62. The van der Waals surface area contributed by atoms with Gasteiger partial charge in [-0.25, -0.2) is 5.43 Å². The van der Waals surface area contributed by atoms with Crippen LogP contribution in [0.1, 0.15) is 31.2 Å². The highest BCUT2D eigenvalue weighted by molar-refractivity contribution is 5.84. The fraction of sp³-hybridized carbons (Fsp3) is 0.500. The van der Waals surface area contributed by atoms with Crippen LogP contribution >= 0.6 is 0 Å². The lowest BCUT2D eigenvalue weighted by molar-refractivity contribution is -0.383. The van der Waals surface area contributed by atoms with E-state index in [0.717, 1.165) is 19.6 Å². The molecule has 2 N–H and O–H groups in total. The fourth-order valence-electron chi connectivity index (χ4n) is 2.67. The molecule has 0 radical (unpaired) electrons. The maximum Gasteiger partial charge on any atom is 0.292 e. The van der Waals surface area contributed by atoms with Crippen molar-refractivity contribution in [2.24, 2.45) is 5.10 Å². The quantitative estimate of drug-likeness (QED) is 0.451. The van der Waals surface area contributed by atoms with Crippen LogP contribution in [0.4, 0.5) is 11.4 Å². The maximum atomic E-state index is 11.8. The molecule has 0 aromatic heterocycles. The van der Waals surface area contributed by atoms with E-state index in [1.807, 2.05) is 0 Å². The second-order valence-corrected chi connectivity index (χ2v) is 5.73. The first-order chi connectivity index (χ1) is 11.6. The Balaban J connectivity index is 1.83. The molecule has 1 heterocycles. The third-order valence-electron chi connectivity index (χ3n) is 3.99. The van der Waals surface area contributed by atoms with Crippen LogP contribution in [-0.2, 0) is 4.79 Å². The number of amides is 1. The van der Waals surface area contributed by atoms with Crippen LogP contribution in [0, 0.1) is 10.1 Å². The highest BCUT2D eigenvalue weighted by Gasteiger charge is 2.13. The van der Waals surface area contributed by atoms with Gasteiger partial charge in [0.15, 0.2) is 0 Å². The number of carbonyl (C=O) groups is 1. The van der Waals surface area contributed by atoms with Gasteiger partial charge in [-0.1, -0.05) is 12.5 Å². The number of hydrazone groups is 1. The van der Waals surface area contributed by atoms with Crippen molar-refractivity contribution in [2.45, 2.75) is 25.7 Å². The minimum atomic E-state index is -0.458. The largest absolute Gasteiger partial charge is 0.383 e. The molecule has 8 heteroatoms. The van der Waals surface area contributed by atoms with E-state index in [-0.39, 0.29) is 11.6 Å². The average molecular weight is 333 g/mol. The number of nitrogens with zero attached hydrogens (tertiary/aromatic N) is 3. The van der Waals surface area contributed by atoms with Gasteiger partial charge in [-0.15, -0.1) is 0 Å². The molecule has 1 saturated heterocycles. The lowest BCUT2D eigenvalue weighted by atomic mass is 10.1. The molecule has 0 spiro atoms. The van der Waals surface area contributed by atoms with Crippen molar-refractivity contribution < 1.29 is 9.72 Å². The van der Waals surface area contributed by atoms with E-state index in [4.69, 9.17) is 0 Å². The molecular weight excluding hydrogens is 310 g/mol. The summed E-state index contributed by atoms with van der Waals surface area (Å²) in [6.45, 7) is 2.85. The predicted octanol–water partition coefficient (Wildman–Crippen LogP) is 1.96. The summed E-state index contributed by atoms with van der Waals surface area (Å²) in [5.41, 5.74) is 3.42. The van der Waals surface area contributed by atoms with Crippen molar-refractivity contribution in [2.75, 3.05) is 32.0 Å². The number of nitrogens with one attached hydrogen (secondary N) is 2. The second kappa shape index (κ2) is 8.97. The highest BCUT2D eigenvalue weighted by Crippen LogP contribution is 2.24. The van der Waals surface area contributed by atoms with E-state index in [9.17, 15) is 14.9 Å². The molecule has 0 atom stereocenters. The molecule has 8 nitrogen and oxygen atoms in total. The summed E-state index contributed by atoms with van der Waals surface area (Å²) in [6, 6.07) is 4.72. The van der Waals surface area contributed by atoms with E-state index in [0.29, 0.717) is 17.7 Å². The first-order valence-corrected chi connectivity index (χ1v) is 8.10. The van der Waals surface area contributed by atoms with E-state index in [2.05, 4.69) is 20.7 Å². The van der Waals surface area contributed by atoms with Gasteiger partial charge in [-0.3, -0.25) is 14.9 Å². The van der Waals surface area contributed by atoms with Crippen LogP contribution in [0.25, 0.3) is 0 Å². The second-order valence-electron chi connectivity index (χ2n) is 5.73. The Labute approximate surface area is 141 Å². The Kier molecular flexibility index (Phi) is 6.68. The molecule has 1 aliphatic heterocycles. The van der Waals surface area contributed by atoms with Gasteiger partial charge in [0.05, 0.1) is 11.1 Å². The Bertz CT molecular complexity index is 612.